The van der Waals surface area contributed by atoms with E-state index >= 15 is 0 Å². The van der Waals surface area contributed by atoms with Gasteiger partial charge in [0.25, 0.3) is 5.91 Å². The van der Waals surface area contributed by atoms with Crippen molar-refractivity contribution in [1.82, 2.24) is 10.1 Å². The molecular formula is C18H22N2O4. The van der Waals surface area contributed by atoms with E-state index in [0.29, 0.717) is 24.5 Å². The summed E-state index contributed by atoms with van der Waals surface area (Å²) in [5.74, 6) is 1.40. The van der Waals surface area contributed by atoms with Gasteiger partial charge in [-0.05, 0) is 51.0 Å². The highest BCUT2D eigenvalue weighted by atomic mass is 16.5. The molecule has 0 spiro atoms. The van der Waals surface area contributed by atoms with E-state index in [1.54, 1.807) is 29.2 Å². The number of aliphatic hydroxyl groups excluding tert-OH is 1. The van der Waals surface area contributed by atoms with Crippen LogP contribution in [0.2, 0.25) is 0 Å². The molecule has 2 aromatic rings. The molecule has 128 valence electrons. The lowest BCUT2D eigenvalue weighted by Gasteiger charge is -2.21. The average molecular weight is 330 g/mol. The SMILES string of the molecule is Cc1noc(C)c1COc1ccc(C(=O)N(CCO)C2CC2)cc1. The van der Waals surface area contributed by atoms with E-state index in [1.165, 1.54) is 0 Å². The Balaban J connectivity index is 1.63. The summed E-state index contributed by atoms with van der Waals surface area (Å²) in [4.78, 5) is 14.3. The van der Waals surface area contributed by atoms with Crippen LogP contribution in [0.4, 0.5) is 0 Å². The second-order valence-corrected chi connectivity index (χ2v) is 6.07. The van der Waals surface area contributed by atoms with Crippen molar-refractivity contribution >= 4 is 5.91 Å². The summed E-state index contributed by atoms with van der Waals surface area (Å²) in [6, 6.07) is 7.38. The van der Waals surface area contributed by atoms with Crippen LogP contribution in [0.3, 0.4) is 0 Å². The van der Waals surface area contributed by atoms with Crippen molar-refractivity contribution in [3.05, 3.63) is 46.8 Å². The van der Waals surface area contributed by atoms with Gasteiger partial charge in [-0.25, -0.2) is 0 Å². The molecule has 6 heteroatoms. The molecule has 1 amide bonds. The molecule has 0 unspecified atom stereocenters. The molecule has 1 aliphatic carbocycles. The van der Waals surface area contributed by atoms with Crippen LogP contribution in [-0.2, 0) is 6.61 Å². The first-order valence-electron chi connectivity index (χ1n) is 8.16. The molecule has 1 fully saturated rings. The summed E-state index contributed by atoms with van der Waals surface area (Å²) >= 11 is 0. The Morgan fingerprint density at radius 2 is 2.04 bits per heavy atom. The maximum atomic E-state index is 12.5. The smallest absolute Gasteiger partial charge is 0.254 e. The summed E-state index contributed by atoms with van der Waals surface area (Å²) in [5.41, 5.74) is 2.38. The summed E-state index contributed by atoms with van der Waals surface area (Å²) in [5, 5.41) is 13.0. The molecule has 1 aromatic heterocycles. The molecule has 0 atom stereocenters. The lowest BCUT2D eigenvalue weighted by molar-refractivity contribution is 0.0707. The number of aliphatic hydroxyl groups is 1. The molecule has 0 aliphatic heterocycles. The number of aryl methyl sites for hydroxylation is 2. The van der Waals surface area contributed by atoms with E-state index in [1.807, 2.05) is 13.8 Å². The van der Waals surface area contributed by atoms with Crippen LogP contribution in [-0.4, -0.2) is 40.3 Å². The molecule has 6 nitrogen and oxygen atoms in total. The lowest BCUT2D eigenvalue weighted by atomic mass is 10.2. The minimum atomic E-state index is -0.0381. The normalized spacial score (nSPS) is 13.8. The Morgan fingerprint density at radius 1 is 1.33 bits per heavy atom. The lowest BCUT2D eigenvalue weighted by Crippen LogP contribution is -2.35. The third-order valence-corrected chi connectivity index (χ3v) is 4.26. The largest absolute Gasteiger partial charge is 0.489 e. The standard InChI is InChI=1S/C18H22N2O4/c1-12-17(13(2)24-19-12)11-23-16-7-3-14(4-8-16)18(22)20(9-10-21)15-5-6-15/h3-4,7-8,15,21H,5-6,9-11H2,1-2H3. The second kappa shape index (κ2) is 7.05. The first-order chi connectivity index (χ1) is 11.6. The van der Waals surface area contributed by atoms with Crippen molar-refractivity contribution in [3.63, 3.8) is 0 Å². The number of nitrogens with zero attached hydrogens (tertiary/aromatic N) is 2. The fraction of sp³-hybridized carbons (Fsp3) is 0.444. The van der Waals surface area contributed by atoms with E-state index < -0.39 is 0 Å². The van der Waals surface area contributed by atoms with Gasteiger partial charge in [0.05, 0.1) is 17.9 Å². The number of ether oxygens (including phenoxy) is 1. The van der Waals surface area contributed by atoms with Crippen LogP contribution in [0.1, 0.15) is 40.2 Å². The molecule has 0 saturated heterocycles. The second-order valence-electron chi connectivity index (χ2n) is 6.07. The molecule has 0 radical (unpaired) electrons. The number of rotatable bonds is 7. The van der Waals surface area contributed by atoms with Crippen LogP contribution < -0.4 is 4.74 Å². The van der Waals surface area contributed by atoms with Crippen molar-refractivity contribution in [1.29, 1.82) is 0 Å². The number of hydrogen-bond acceptors (Lipinski definition) is 5. The summed E-state index contributed by atoms with van der Waals surface area (Å²) in [6.45, 7) is 4.49. The molecule has 1 saturated carbocycles. The number of carbonyl (C=O) groups excluding carboxylic acids is 1. The minimum absolute atomic E-state index is 0.0130. The Labute approximate surface area is 141 Å². The Kier molecular flexibility index (Phi) is 4.85. The van der Waals surface area contributed by atoms with Crippen LogP contribution >= 0.6 is 0 Å². The van der Waals surface area contributed by atoms with E-state index in [0.717, 1.165) is 29.9 Å². The Morgan fingerprint density at radius 3 is 2.58 bits per heavy atom. The number of amides is 1. The first kappa shape index (κ1) is 16.5. The number of benzene rings is 1. The highest BCUT2D eigenvalue weighted by Gasteiger charge is 2.32. The van der Waals surface area contributed by atoms with Gasteiger partial charge in [0.2, 0.25) is 0 Å². The summed E-state index contributed by atoms with van der Waals surface area (Å²) < 4.78 is 10.9. The Hall–Kier alpha value is -2.34. The zero-order valence-electron chi connectivity index (χ0n) is 14.0. The van der Waals surface area contributed by atoms with Gasteiger partial charge in [-0.1, -0.05) is 5.16 Å². The van der Waals surface area contributed by atoms with Crippen molar-refractivity contribution in [3.8, 4) is 5.75 Å². The van der Waals surface area contributed by atoms with Crippen molar-refractivity contribution in [2.75, 3.05) is 13.2 Å². The monoisotopic (exact) mass is 330 g/mol. The highest BCUT2D eigenvalue weighted by molar-refractivity contribution is 5.94. The first-order valence-corrected chi connectivity index (χ1v) is 8.16. The molecule has 1 N–H and O–H groups in total. The number of carbonyl (C=O) groups is 1. The molecule has 24 heavy (non-hydrogen) atoms. The van der Waals surface area contributed by atoms with Crippen LogP contribution in [0.5, 0.6) is 5.75 Å². The van der Waals surface area contributed by atoms with Gasteiger partial charge in [-0.2, -0.15) is 0 Å². The molecule has 1 aromatic carbocycles. The minimum Gasteiger partial charge on any atom is -0.489 e. The van der Waals surface area contributed by atoms with E-state index in [9.17, 15) is 4.79 Å². The molecule has 3 rings (SSSR count). The average Bonchev–Trinajstić information content (AvgIpc) is 3.38. The van der Waals surface area contributed by atoms with Crippen molar-refractivity contribution in [2.45, 2.75) is 39.3 Å². The van der Waals surface area contributed by atoms with Gasteiger partial charge < -0.3 is 19.3 Å². The third kappa shape index (κ3) is 3.59. The van der Waals surface area contributed by atoms with Gasteiger partial charge in [-0.15, -0.1) is 0 Å². The molecular weight excluding hydrogens is 308 g/mol. The maximum absolute atomic E-state index is 12.5. The van der Waals surface area contributed by atoms with Gasteiger partial charge in [0.15, 0.2) is 0 Å². The fourth-order valence-corrected chi connectivity index (χ4v) is 2.67. The van der Waals surface area contributed by atoms with Crippen LogP contribution in [0.15, 0.2) is 28.8 Å². The molecule has 1 aliphatic rings. The zero-order valence-corrected chi connectivity index (χ0v) is 14.0. The number of hydrogen-bond donors (Lipinski definition) is 1. The summed E-state index contributed by atoms with van der Waals surface area (Å²) in [6.07, 6.45) is 2.04. The zero-order chi connectivity index (χ0) is 17.1. The summed E-state index contributed by atoms with van der Waals surface area (Å²) in [7, 11) is 0. The highest BCUT2D eigenvalue weighted by Crippen LogP contribution is 2.28. The van der Waals surface area contributed by atoms with Crippen LogP contribution in [0, 0.1) is 13.8 Å². The third-order valence-electron chi connectivity index (χ3n) is 4.26. The fourth-order valence-electron chi connectivity index (χ4n) is 2.67. The topological polar surface area (TPSA) is 75.8 Å². The quantitative estimate of drug-likeness (QED) is 0.844. The van der Waals surface area contributed by atoms with E-state index in [4.69, 9.17) is 14.4 Å². The molecule has 0 bridgehead atoms. The van der Waals surface area contributed by atoms with Crippen molar-refractivity contribution < 1.29 is 19.2 Å². The predicted molar refractivity (Wildman–Crippen MR) is 87.9 cm³/mol. The van der Waals surface area contributed by atoms with Crippen LogP contribution in [0.25, 0.3) is 0 Å². The predicted octanol–water partition coefficient (Wildman–Crippen LogP) is 2.47. The number of aromatic nitrogens is 1. The van der Waals surface area contributed by atoms with E-state index in [-0.39, 0.29) is 18.6 Å². The maximum Gasteiger partial charge on any atom is 0.254 e. The molecule has 1 heterocycles. The van der Waals surface area contributed by atoms with Gasteiger partial charge in [0.1, 0.15) is 18.1 Å². The van der Waals surface area contributed by atoms with Gasteiger partial charge in [0, 0.05) is 18.2 Å². The van der Waals surface area contributed by atoms with Gasteiger partial charge in [-0.3, -0.25) is 4.79 Å². The van der Waals surface area contributed by atoms with Crippen molar-refractivity contribution in [2.24, 2.45) is 0 Å². The van der Waals surface area contributed by atoms with Gasteiger partial charge >= 0.3 is 0 Å². The Bertz CT molecular complexity index is 685. The van der Waals surface area contributed by atoms with E-state index in [2.05, 4.69) is 5.16 Å².